The second-order valence-electron chi connectivity index (χ2n) is 7.37. The largest absolute Gasteiger partial charge is 0.497 e. The molecule has 3 rings (SSSR count). The fourth-order valence-electron chi connectivity index (χ4n) is 3.02. The summed E-state index contributed by atoms with van der Waals surface area (Å²) < 4.78 is 25.2. The third-order valence-electron chi connectivity index (χ3n) is 4.90. The van der Waals surface area contributed by atoms with Gasteiger partial charge in [-0.1, -0.05) is 12.1 Å². The first-order valence-corrected chi connectivity index (χ1v) is 10.8. The summed E-state index contributed by atoms with van der Waals surface area (Å²) in [5.74, 6) is -5.90. The van der Waals surface area contributed by atoms with Crippen LogP contribution in [-0.4, -0.2) is 61.3 Å². The van der Waals surface area contributed by atoms with Gasteiger partial charge in [-0.2, -0.15) is 0 Å². The number of carboxylic acids is 1. The topological polar surface area (TPSA) is 180 Å². The molecule has 0 spiro atoms. The maximum atomic E-state index is 12.9. The van der Waals surface area contributed by atoms with E-state index < -0.39 is 41.9 Å². The average molecular weight is 526 g/mol. The van der Waals surface area contributed by atoms with Gasteiger partial charge < -0.3 is 28.5 Å². The molecule has 38 heavy (non-hydrogen) atoms. The van der Waals surface area contributed by atoms with E-state index >= 15 is 0 Å². The van der Waals surface area contributed by atoms with Crippen molar-refractivity contribution >= 4 is 29.7 Å². The molecule has 1 heterocycles. The average Bonchev–Trinajstić information content (AvgIpc) is 3.48. The van der Waals surface area contributed by atoms with Crippen molar-refractivity contribution in [2.45, 2.75) is 12.2 Å². The molecule has 0 radical (unpaired) electrons. The molecule has 0 saturated heterocycles. The number of benzene rings is 2. The molecule has 13 nitrogen and oxygen atoms in total. The van der Waals surface area contributed by atoms with Crippen molar-refractivity contribution in [3.05, 3.63) is 83.8 Å². The number of rotatable bonds is 10. The molecule has 198 valence electrons. The lowest BCUT2D eigenvalue weighted by Crippen LogP contribution is -2.54. The van der Waals surface area contributed by atoms with Gasteiger partial charge in [-0.3, -0.25) is 20.4 Å². The monoisotopic (exact) mass is 526 g/mol. The van der Waals surface area contributed by atoms with Crippen molar-refractivity contribution in [3.63, 3.8) is 0 Å². The van der Waals surface area contributed by atoms with Gasteiger partial charge in [-0.25, -0.2) is 14.4 Å². The standard InChI is InChI=1S/C25H22N2O11/c1-34-16-8-3-6-14(12-16)24(32)37-19(22(29)27-26-21(28)18-10-5-11-36-18)20(23(30)31)38-25(33)15-7-4-9-17(13-15)35-2/h3-13,19-20H,1-2H3,(H,26,28)(H,27,29)(H,30,31)/t19-,20-/m1/s1. The van der Waals surface area contributed by atoms with Crippen molar-refractivity contribution in [3.8, 4) is 11.5 Å². The molecule has 2 amide bonds. The number of hydrogen-bond donors (Lipinski definition) is 3. The maximum Gasteiger partial charge on any atom is 0.349 e. The predicted octanol–water partition coefficient (Wildman–Crippen LogP) is 1.59. The molecular weight excluding hydrogens is 504 g/mol. The minimum absolute atomic E-state index is 0.0926. The van der Waals surface area contributed by atoms with E-state index in [2.05, 4.69) is 0 Å². The van der Waals surface area contributed by atoms with E-state index in [4.69, 9.17) is 23.4 Å². The summed E-state index contributed by atoms with van der Waals surface area (Å²) in [6.07, 6.45) is -3.34. The first-order valence-electron chi connectivity index (χ1n) is 10.8. The molecule has 0 aliphatic carbocycles. The lowest BCUT2D eigenvalue weighted by Gasteiger charge is -2.23. The quantitative estimate of drug-likeness (QED) is 0.258. The third-order valence-corrected chi connectivity index (χ3v) is 4.90. The zero-order chi connectivity index (χ0) is 27.7. The van der Waals surface area contributed by atoms with Crippen LogP contribution in [0, 0.1) is 0 Å². The molecule has 0 bridgehead atoms. The summed E-state index contributed by atoms with van der Waals surface area (Å²) in [6, 6.07) is 14.0. The number of esters is 2. The Morgan fingerprint density at radius 1 is 0.763 bits per heavy atom. The summed E-state index contributed by atoms with van der Waals surface area (Å²) in [5.41, 5.74) is 3.75. The van der Waals surface area contributed by atoms with E-state index in [1.165, 1.54) is 69.0 Å². The van der Waals surface area contributed by atoms with Crippen LogP contribution in [0.2, 0.25) is 0 Å². The van der Waals surface area contributed by atoms with Crippen LogP contribution >= 0.6 is 0 Å². The molecule has 13 heteroatoms. The van der Waals surface area contributed by atoms with Crippen molar-refractivity contribution in [2.24, 2.45) is 0 Å². The van der Waals surface area contributed by atoms with Crippen LogP contribution in [-0.2, 0) is 19.1 Å². The van der Waals surface area contributed by atoms with Crippen molar-refractivity contribution < 1.29 is 52.4 Å². The Balaban J connectivity index is 1.87. The Morgan fingerprint density at radius 3 is 1.79 bits per heavy atom. The highest BCUT2D eigenvalue weighted by atomic mass is 16.6. The third kappa shape index (κ3) is 6.87. The first-order chi connectivity index (χ1) is 18.2. The van der Waals surface area contributed by atoms with E-state index in [0.717, 1.165) is 0 Å². The summed E-state index contributed by atoms with van der Waals surface area (Å²) in [6.45, 7) is 0. The summed E-state index contributed by atoms with van der Waals surface area (Å²) in [7, 11) is 2.72. The Kier molecular flexibility index (Phi) is 9.02. The summed E-state index contributed by atoms with van der Waals surface area (Å²) in [4.78, 5) is 62.7. The van der Waals surface area contributed by atoms with Gasteiger partial charge in [0.25, 0.3) is 5.91 Å². The van der Waals surface area contributed by atoms with E-state index in [1.807, 2.05) is 10.9 Å². The molecular formula is C25H22N2O11. The highest BCUT2D eigenvalue weighted by Gasteiger charge is 2.41. The summed E-state index contributed by atoms with van der Waals surface area (Å²) in [5, 5.41) is 9.79. The van der Waals surface area contributed by atoms with Crippen LogP contribution in [0.3, 0.4) is 0 Å². The molecule has 2 atom stereocenters. The number of amides is 2. The Labute approximate surface area is 215 Å². The molecule has 0 fully saturated rings. The first kappa shape index (κ1) is 27.3. The maximum absolute atomic E-state index is 12.9. The minimum atomic E-state index is -2.32. The van der Waals surface area contributed by atoms with Gasteiger partial charge in [-0.15, -0.1) is 0 Å². The SMILES string of the molecule is COc1cccc(C(=O)O[C@@H](C(=O)O)[C@@H](OC(=O)c2cccc(OC)c2)C(=O)NNC(=O)c2ccco2)c1. The van der Waals surface area contributed by atoms with E-state index in [9.17, 15) is 29.1 Å². The lowest BCUT2D eigenvalue weighted by atomic mass is 10.1. The summed E-state index contributed by atoms with van der Waals surface area (Å²) >= 11 is 0. The van der Waals surface area contributed by atoms with E-state index in [-0.39, 0.29) is 28.4 Å². The van der Waals surface area contributed by atoms with Crippen LogP contribution in [0.5, 0.6) is 11.5 Å². The molecule has 0 aliphatic rings. The highest BCUT2D eigenvalue weighted by Crippen LogP contribution is 2.18. The van der Waals surface area contributed by atoms with E-state index in [0.29, 0.717) is 0 Å². The Hall–Kier alpha value is -5.33. The van der Waals surface area contributed by atoms with Crippen LogP contribution in [0.15, 0.2) is 71.3 Å². The van der Waals surface area contributed by atoms with Gasteiger partial charge in [0.15, 0.2) is 5.76 Å². The van der Waals surface area contributed by atoms with Gasteiger partial charge in [0.05, 0.1) is 31.6 Å². The van der Waals surface area contributed by atoms with Crippen molar-refractivity contribution in [2.75, 3.05) is 14.2 Å². The number of carbonyl (C=O) groups excluding carboxylic acids is 4. The molecule has 1 aromatic heterocycles. The molecule has 3 aromatic rings. The minimum Gasteiger partial charge on any atom is -0.497 e. The van der Waals surface area contributed by atoms with Gasteiger partial charge in [-0.05, 0) is 48.5 Å². The van der Waals surface area contributed by atoms with Gasteiger partial charge in [0.1, 0.15) is 11.5 Å². The number of hydrogen-bond acceptors (Lipinski definition) is 10. The van der Waals surface area contributed by atoms with Crippen LogP contribution in [0.25, 0.3) is 0 Å². The molecule has 0 unspecified atom stereocenters. The second kappa shape index (κ2) is 12.6. The lowest BCUT2D eigenvalue weighted by molar-refractivity contribution is -0.159. The van der Waals surface area contributed by atoms with Crippen LogP contribution in [0.4, 0.5) is 0 Å². The number of hydrazine groups is 1. The highest BCUT2D eigenvalue weighted by molar-refractivity contribution is 5.98. The molecule has 0 aliphatic heterocycles. The smallest absolute Gasteiger partial charge is 0.349 e. The number of carboxylic acid groups (broad SMARTS) is 1. The number of furan rings is 1. The normalized spacial score (nSPS) is 11.8. The fraction of sp³-hybridized carbons (Fsp3) is 0.160. The second-order valence-corrected chi connectivity index (χ2v) is 7.37. The molecule has 3 N–H and O–H groups in total. The molecule has 0 saturated carbocycles. The van der Waals surface area contributed by atoms with Gasteiger partial charge in [0.2, 0.25) is 12.2 Å². The van der Waals surface area contributed by atoms with Crippen LogP contribution < -0.4 is 20.3 Å². The van der Waals surface area contributed by atoms with Crippen molar-refractivity contribution in [1.29, 1.82) is 0 Å². The van der Waals surface area contributed by atoms with Crippen LogP contribution in [0.1, 0.15) is 31.3 Å². The zero-order valence-corrected chi connectivity index (χ0v) is 20.0. The zero-order valence-electron chi connectivity index (χ0n) is 20.0. The number of methoxy groups -OCH3 is 2. The van der Waals surface area contributed by atoms with Gasteiger partial charge in [0, 0.05) is 0 Å². The molecule has 2 aromatic carbocycles. The Bertz CT molecular complexity index is 1320. The predicted molar refractivity (Wildman–Crippen MR) is 126 cm³/mol. The van der Waals surface area contributed by atoms with Crippen molar-refractivity contribution in [1.82, 2.24) is 10.9 Å². The number of carbonyl (C=O) groups is 5. The van der Waals surface area contributed by atoms with Gasteiger partial charge >= 0.3 is 23.8 Å². The number of ether oxygens (including phenoxy) is 4. The van der Waals surface area contributed by atoms with E-state index in [1.54, 1.807) is 12.1 Å². The fourth-order valence-corrected chi connectivity index (χ4v) is 3.02. The number of nitrogens with one attached hydrogen (secondary N) is 2. The number of aliphatic carboxylic acids is 1. The Morgan fingerprint density at radius 2 is 1.32 bits per heavy atom.